The largest absolute Gasteiger partial charge is 0.395 e. The lowest BCUT2D eigenvalue weighted by Gasteiger charge is -2.25. The van der Waals surface area contributed by atoms with Gasteiger partial charge in [-0.15, -0.1) is 0 Å². The molecule has 16 heavy (non-hydrogen) atoms. The van der Waals surface area contributed by atoms with Gasteiger partial charge in [-0.3, -0.25) is 4.79 Å². The first kappa shape index (κ1) is 11.9. The molecule has 2 rings (SSSR count). The van der Waals surface area contributed by atoms with E-state index in [1.807, 2.05) is 4.90 Å². The quantitative estimate of drug-likeness (QED) is 0.687. The highest BCUT2D eigenvalue weighted by atomic mass is 16.3. The van der Waals surface area contributed by atoms with Crippen LogP contribution in [0.15, 0.2) is 0 Å². The van der Waals surface area contributed by atoms with E-state index in [1.54, 1.807) is 0 Å². The van der Waals surface area contributed by atoms with E-state index in [1.165, 1.54) is 19.3 Å². The summed E-state index contributed by atoms with van der Waals surface area (Å²) in [5.41, 5.74) is 0. The summed E-state index contributed by atoms with van der Waals surface area (Å²) < 4.78 is 0. The highest BCUT2D eigenvalue weighted by molar-refractivity contribution is 5.76. The summed E-state index contributed by atoms with van der Waals surface area (Å²) in [6.07, 6.45) is 5.46. The summed E-state index contributed by atoms with van der Waals surface area (Å²) in [6.45, 7) is 2.40. The second kappa shape index (κ2) is 5.64. The van der Waals surface area contributed by atoms with Gasteiger partial charge in [0, 0.05) is 25.6 Å². The van der Waals surface area contributed by atoms with E-state index in [4.69, 9.17) is 5.11 Å². The normalized spacial score (nSPS) is 24.7. The summed E-state index contributed by atoms with van der Waals surface area (Å²) in [7, 11) is 0. The molecule has 1 aliphatic heterocycles. The fourth-order valence-corrected chi connectivity index (χ4v) is 2.32. The van der Waals surface area contributed by atoms with Crippen LogP contribution in [0.3, 0.4) is 0 Å². The molecule has 4 nitrogen and oxygen atoms in total. The van der Waals surface area contributed by atoms with Crippen molar-refractivity contribution < 1.29 is 9.90 Å². The molecule has 2 aliphatic rings. The van der Waals surface area contributed by atoms with E-state index in [-0.39, 0.29) is 12.5 Å². The Balaban J connectivity index is 1.79. The van der Waals surface area contributed by atoms with Gasteiger partial charge < -0.3 is 15.3 Å². The van der Waals surface area contributed by atoms with E-state index in [2.05, 4.69) is 5.32 Å². The Bertz CT molecular complexity index is 235. The number of nitrogens with one attached hydrogen (secondary N) is 1. The molecule has 0 bridgehead atoms. The van der Waals surface area contributed by atoms with Crippen molar-refractivity contribution in [2.24, 2.45) is 5.92 Å². The zero-order valence-electron chi connectivity index (χ0n) is 9.82. The van der Waals surface area contributed by atoms with Crippen molar-refractivity contribution in [3.63, 3.8) is 0 Å². The molecule has 0 aromatic carbocycles. The molecule has 92 valence electrons. The summed E-state index contributed by atoms with van der Waals surface area (Å²) in [6, 6.07) is 0.440. The number of amides is 1. The number of aliphatic hydroxyl groups is 1. The molecule has 0 spiro atoms. The van der Waals surface area contributed by atoms with Crippen molar-refractivity contribution in [2.75, 3.05) is 26.2 Å². The maximum absolute atomic E-state index is 12.0. The lowest BCUT2D eigenvalue weighted by Crippen LogP contribution is -2.42. The minimum atomic E-state index is 0.0725. The highest BCUT2D eigenvalue weighted by Crippen LogP contribution is 2.32. The maximum atomic E-state index is 12.0. The van der Waals surface area contributed by atoms with Crippen LogP contribution in [-0.2, 0) is 4.79 Å². The summed E-state index contributed by atoms with van der Waals surface area (Å²) >= 11 is 0. The van der Waals surface area contributed by atoms with Crippen LogP contribution in [0, 0.1) is 5.92 Å². The minimum absolute atomic E-state index is 0.0725. The van der Waals surface area contributed by atoms with Crippen LogP contribution in [-0.4, -0.2) is 48.2 Å². The number of hydrogen-bond acceptors (Lipinski definition) is 3. The molecular weight excluding hydrogens is 204 g/mol. The van der Waals surface area contributed by atoms with Crippen molar-refractivity contribution in [1.82, 2.24) is 10.2 Å². The highest BCUT2D eigenvalue weighted by Gasteiger charge is 2.28. The number of nitrogens with zero attached hydrogens (tertiary/aromatic N) is 1. The van der Waals surface area contributed by atoms with E-state index in [0.717, 1.165) is 19.5 Å². The van der Waals surface area contributed by atoms with Crippen molar-refractivity contribution in [3.8, 4) is 0 Å². The first-order valence-corrected chi connectivity index (χ1v) is 6.41. The Morgan fingerprint density at radius 1 is 1.38 bits per heavy atom. The van der Waals surface area contributed by atoms with Crippen LogP contribution in [0.4, 0.5) is 0 Å². The van der Waals surface area contributed by atoms with Gasteiger partial charge in [-0.25, -0.2) is 0 Å². The van der Waals surface area contributed by atoms with E-state index in [9.17, 15) is 4.79 Å². The van der Waals surface area contributed by atoms with Crippen LogP contribution in [0.2, 0.25) is 0 Å². The predicted octanol–water partition coefficient (Wildman–Crippen LogP) is 0.359. The van der Waals surface area contributed by atoms with Crippen LogP contribution in [0.5, 0.6) is 0 Å². The molecule has 1 aliphatic carbocycles. The van der Waals surface area contributed by atoms with Gasteiger partial charge in [0.2, 0.25) is 5.91 Å². The Hall–Kier alpha value is -0.610. The average molecular weight is 226 g/mol. The Labute approximate surface area is 97.0 Å². The monoisotopic (exact) mass is 226 g/mol. The molecule has 0 aromatic heterocycles. The fraction of sp³-hybridized carbons (Fsp3) is 0.917. The molecule has 1 atom stereocenters. The van der Waals surface area contributed by atoms with Crippen LogP contribution >= 0.6 is 0 Å². The summed E-state index contributed by atoms with van der Waals surface area (Å²) in [4.78, 5) is 13.8. The number of aliphatic hydroxyl groups excluding tert-OH is 1. The molecule has 1 amide bonds. The van der Waals surface area contributed by atoms with E-state index < -0.39 is 0 Å². The standard InChI is InChI=1S/C12H22N2O2/c15-7-6-14(9-11-2-1-5-13-11)12(16)8-10-3-4-10/h10-11,13,15H,1-9H2. The topological polar surface area (TPSA) is 52.6 Å². The molecule has 1 saturated carbocycles. The lowest BCUT2D eigenvalue weighted by atomic mass is 10.2. The van der Waals surface area contributed by atoms with Crippen molar-refractivity contribution in [1.29, 1.82) is 0 Å². The van der Waals surface area contributed by atoms with Gasteiger partial charge >= 0.3 is 0 Å². The zero-order chi connectivity index (χ0) is 11.4. The van der Waals surface area contributed by atoms with Crippen LogP contribution < -0.4 is 5.32 Å². The predicted molar refractivity (Wildman–Crippen MR) is 62.0 cm³/mol. The third kappa shape index (κ3) is 3.46. The van der Waals surface area contributed by atoms with E-state index in [0.29, 0.717) is 24.9 Å². The second-order valence-corrected chi connectivity index (χ2v) is 5.00. The molecular formula is C12H22N2O2. The molecule has 1 heterocycles. The van der Waals surface area contributed by atoms with Gasteiger partial charge in [0.05, 0.1) is 6.61 Å². The number of carbonyl (C=O) groups is 1. The molecule has 2 fully saturated rings. The van der Waals surface area contributed by atoms with Crippen molar-refractivity contribution >= 4 is 5.91 Å². The molecule has 0 aromatic rings. The molecule has 2 N–H and O–H groups in total. The fourth-order valence-electron chi connectivity index (χ4n) is 2.32. The average Bonchev–Trinajstić information content (AvgIpc) is 2.93. The second-order valence-electron chi connectivity index (χ2n) is 5.00. The van der Waals surface area contributed by atoms with Gasteiger partial charge in [-0.05, 0) is 38.1 Å². The van der Waals surface area contributed by atoms with Gasteiger partial charge in [0.25, 0.3) is 0 Å². The van der Waals surface area contributed by atoms with Gasteiger partial charge in [-0.1, -0.05) is 0 Å². The van der Waals surface area contributed by atoms with Gasteiger partial charge in [0.15, 0.2) is 0 Å². The van der Waals surface area contributed by atoms with Crippen LogP contribution in [0.25, 0.3) is 0 Å². The van der Waals surface area contributed by atoms with Crippen molar-refractivity contribution in [2.45, 2.75) is 38.1 Å². The maximum Gasteiger partial charge on any atom is 0.222 e. The first-order chi connectivity index (χ1) is 7.79. The third-order valence-corrected chi connectivity index (χ3v) is 3.49. The molecule has 1 saturated heterocycles. The third-order valence-electron chi connectivity index (χ3n) is 3.49. The number of carbonyl (C=O) groups excluding carboxylic acids is 1. The Morgan fingerprint density at radius 3 is 2.75 bits per heavy atom. The zero-order valence-corrected chi connectivity index (χ0v) is 9.82. The van der Waals surface area contributed by atoms with Gasteiger partial charge in [-0.2, -0.15) is 0 Å². The van der Waals surface area contributed by atoms with Crippen LogP contribution in [0.1, 0.15) is 32.1 Å². The lowest BCUT2D eigenvalue weighted by molar-refractivity contribution is -0.132. The number of hydrogen-bond donors (Lipinski definition) is 2. The Kier molecular flexibility index (Phi) is 4.18. The SMILES string of the molecule is O=C(CC1CC1)N(CCO)CC1CCCN1. The Morgan fingerprint density at radius 2 is 2.19 bits per heavy atom. The molecule has 4 heteroatoms. The summed E-state index contributed by atoms with van der Waals surface area (Å²) in [5.74, 6) is 0.857. The van der Waals surface area contributed by atoms with Gasteiger partial charge in [0.1, 0.15) is 0 Å². The smallest absolute Gasteiger partial charge is 0.222 e. The molecule has 0 radical (unpaired) electrons. The summed E-state index contributed by atoms with van der Waals surface area (Å²) in [5, 5.41) is 12.4. The number of rotatable bonds is 6. The van der Waals surface area contributed by atoms with Crippen molar-refractivity contribution in [3.05, 3.63) is 0 Å². The first-order valence-electron chi connectivity index (χ1n) is 6.41. The van der Waals surface area contributed by atoms with E-state index >= 15 is 0 Å². The minimum Gasteiger partial charge on any atom is -0.395 e. The molecule has 1 unspecified atom stereocenters.